The van der Waals surface area contributed by atoms with Crippen molar-refractivity contribution in [3.8, 4) is 0 Å². The van der Waals surface area contributed by atoms with Gasteiger partial charge in [0.05, 0.1) is 0 Å². The fourth-order valence-electron chi connectivity index (χ4n) is 0.849. The molecule has 0 aliphatic heterocycles. The molecule has 0 atom stereocenters. The highest BCUT2D eigenvalue weighted by atomic mass is 79.9. The van der Waals surface area contributed by atoms with Crippen LogP contribution in [0, 0.1) is 0 Å². The van der Waals surface area contributed by atoms with E-state index in [2.05, 4.69) is 10.3 Å². The summed E-state index contributed by atoms with van der Waals surface area (Å²) in [4.78, 5) is 15.1. The Morgan fingerprint density at radius 1 is 1.38 bits per heavy atom. The van der Waals surface area contributed by atoms with Crippen LogP contribution in [0.15, 0.2) is 24.5 Å². The van der Waals surface area contributed by atoms with Crippen LogP contribution in [0.4, 0.5) is 0 Å². The lowest BCUT2D eigenvalue weighted by atomic mass is 10.2. The minimum atomic E-state index is -0.0487. The van der Waals surface area contributed by atoms with Gasteiger partial charge in [0, 0.05) is 24.0 Å². The molecule has 1 rings (SSSR count). The maximum Gasteiger partial charge on any atom is 0.251 e. The predicted molar refractivity (Wildman–Crippen MR) is 57.2 cm³/mol. The zero-order valence-corrected chi connectivity index (χ0v) is 9.36. The van der Waals surface area contributed by atoms with E-state index in [1.807, 2.05) is 13.8 Å². The lowest BCUT2D eigenvalue weighted by Gasteiger charge is -2.07. The molecule has 0 bridgehead atoms. The summed E-state index contributed by atoms with van der Waals surface area (Å²) >= 11 is 0. The summed E-state index contributed by atoms with van der Waals surface area (Å²) in [5.41, 5.74) is 0.652. The number of pyridine rings is 1. The fraction of sp³-hybridized carbons (Fsp3) is 0.333. The number of hydrogen-bond donors (Lipinski definition) is 1. The third kappa shape index (κ3) is 4.03. The number of aromatic nitrogens is 1. The van der Waals surface area contributed by atoms with Crippen LogP contribution in [0.1, 0.15) is 24.2 Å². The van der Waals surface area contributed by atoms with Gasteiger partial charge in [-0.2, -0.15) is 0 Å². The van der Waals surface area contributed by atoms with Crippen molar-refractivity contribution >= 4 is 22.9 Å². The van der Waals surface area contributed by atoms with Crippen LogP contribution in [0.2, 0.25) is 0 Å². The van der Waals surface area contributed by atoms with Gasteiger partial charge in [-0.25, -0.2) is 0 Å². The zero-order valence-electron chi connectivity index (χ0n) is 7.65. The first-order chi connectivity index (χ1) is 5.70. The molecule has 0 aromatic carbocycles. The molecule has 0 saturated carbocycles. The number of carbonyl (C=O) groups excluding carboxylic acids is 1. The van der Waals surface area contributed by atoms with Gasteiger partial charge >= 0.3 is 0 Å². The number of nitrogens with one attached hydrogen (secondary N) is 1. The molecule has 0 aliphatic carbocycles. The molecule has 1 amide bonds. The largest absolute Gasteiger partial charge is 0.350 e. The maximum absolute atomic E-state index is 11.3. The van der Waals surface area contributed by atoms with Crippen molar-refractivity contribution in [1.82, 2.24) is 10.3 Å². The second-order valence-corrected chi connectivity index (χ2v) is 2.86. The minimum absolute atomic E-state index is 0. The summed E-state index contributed by atoms with van der Waals surface area (Å²) < 4.78 is 0. The van der Waals surface area contributed by atoms with E-state index in [-0.39, 0.29) is 28.9 Å². The highest BCUT2D eigenvalue weighted by molar-refractivity contribution is 8.93. The van der Waals surface area contributed by atoms with E-state index in [0.29, 0.717) is 5.56 Å². The summed E-state index contributed by atoms with van der Waals surface area (Å²) in [5.74, 6) is -0.0487. The number of nitrogens with zero attached hydrogens (tertiary/aromatic N) is 1. The first-order valence-electron chi connectivity index (χ1n) is 3.91. The van der Waals surface area contributed by atoms with Crippen LogP contribution in [-0.4, -0.2) is 16.9 Å². The van der Waals surface area contributed by atoms with Crippen molar-refractivity contribution < 1.29 is 4.79 Å². The Hall–Kier alpha value is -0.900. The molecule has 1 aromatic heterocycles. The van der Waals surface area contributed by atoms with Crippen molar-refractivity contribution in [2.45, 2.75) is 19.9 Å². The first kappa shape index (κ1) is 12.1. The topological polar surface area (TPSA) is 42.0 Å². The number of carbonyl (C=O) groups is 1. The standard InChI is InChI=1S/C9H12N2O.BrH/c1-7(2)11-9(12)8-3-5-10-6-4-8;/h3-7H,1-2H3,(H,11,12);1H. The van der Waals surface area contributed by atoms with Crippen LogP contribution in [0.25, 0.3) is 0 Å². The lowest BCUT2D eigenvalue weighted by Crippen LogP contribution is -2.29. The summed E-state index contributed by atoms with van der Waals surface area (Å²) in [7, 11) is 0. The number of amides is 1. The molecule has 13 heavy (non-hydrogen) atoms. The Kier molecular flexibility index (Phi) is 5.30. The van der Waals surface area contributed by atoms with E-state index in [0.717, 1.165) is 0 Å². The van der Waals surface area contributed by atoms with E-state index >= 15 is 0 Å². The monoisotopic (exact) mass is 244 g/mol. The number of rotatable bonds is 2. The third-order valence-electron chi connectivity index (χ3n) is 1.36. The first-order valence-corrected chi connectivity index (χ1v) is 3.91. The van der Waals surface area contributed by atoms with Gasteiger partial charge in [-0.05, 0) is 26.0 Å². The molecule has 0 aliphatic rings. The third-order valence-corrected chi connectivity index (χ3v) is 1.36. The number of hydrogen-bond acceptors (Lipinski definition) is 2. The molecular weight excluding hydrogens is 232 g/mol. The molecule has 4 heteroatoms. The number of halogens is 1. The average Bonchev–Trinajstić information content (AvgIpc) is 2.05. The molecule has 1 aromatic rings. The molecule has 0 saturated heterocycles. The summed E-state index contributed by atoms with van der Waals surface area (Å²) in [6, 6.07) is 3.56. The van der Waals surface area contributed by atoms with Crippen LogP contribution in [0.5, 0.6) is 0 Å². The van der Waals surface area contributed by atoms with Gasteiger partial charge in [-0.1, -0.05) is 0 Å². The normalized spacial score (nSPS) is 9.15. The van der Waals surface area contributed by atoms with Gasteiger partial charge in [-0.3, -0.25) is 9.78 Å². The quantitative estimate of drug-likeness (QED) is 0.863. The molecule has 72 valence electrons. The average molecular weight is 245 g/mol. The predicted octanol–water partition coefficient (Wildman–Crippen LogP) is 1.80. The zero-order chi connectivity index (χ0) is 8.97. The highest BCUT2D eigenvalue weighted by Crippen LogP contribution is 1.95. The summed E-state index contributed by atoms with van der Waals surface area (Å²) in [6.45, 7) is 3.86. The summed E-state index contributed by atoms with van der Waals surface area (Å²) in [5, 5.41) is 2.79. The van der Waals surface area contributed by atoms with Crippen molar-refractivity contribution in [3.63, 3.8) is 0 Å². The Morgan fingerprint density at radius 2 is 1.92 bits per heavy atom. The SMILES string of the molecule is Br.CC(C)NC(=O)c1ccncc1. The molecule has 0 unspecified atom stereocenters. The van der Waals surface area contributed by atoms with Crippen LogP contribution < -0.4 is 5.32 Å². The van der Waals surface area contributed by atoms with E-state index < -0.39 is 0 Å². The summed E-state index contributed by atoms with van der Waals surface area (Å²) in [6.07, 6.45) is 3.21. The smallest absolute Gasteiger partial charge is 0.251 e. The molecular formula is C9H13BrN2O. The Bertz CT molecular complexity index is 262. The van der Waals surface area contributed by atoms with E-state index in [9.17, 15) is 4.79 Å². The van der Waals surface area contributed by atoms with E-state index in [4.69, 9.17) is 0 Å². The Labute approximate surface area is 88.3 Å². The van der Waals surface area contributed by atoms with Gasteiger partial charge in [0.25, 0.3) is 5.91 Å². The van der Waals surface area contributed by atoms with E-state index in [1.54, 1.807) is 24.5 Å². The van der Waals surface area contributed by atoms with Crippen LogP contribution in [0.3, 0.4) is 0 Å². The Morgan fingerprint density at radius 3 is 2.38 bits per heavy atom. The van der Waals surface area contributed by atoms with Crippen molar-refractivity contribution in [2.24, 2.45) is 0 Å². The maximum atomic E-state index is 11.3. The van der Waals surface area contributed by atoms with E-state index in [1.165, 1.54) is 0 Å². The van der Waals surface area contributed by atoms with Gasteiger partial charge in [0.1, 0.15) is 0 Å². The van der Waals surface area contributed by atoms with Crippen molar-refractivity contribution in [1.29, 1.82) is 0 Å². The Balaban J connectivity index is 0.00000144. The highest BCUT2D eigenvalue weighted by Gasteiger charge is 2.04. The van der Waals surface area contributed by atoms with Gasteiger partial charge < -0.3 is 5.32 Å². The molecule has 1 N–H and O–H groups in total. The van der Waals surface area contributed by atoms with Gasteiger partial charge in [-0.15, -0.1) is 17.0 Å². The molecule has 0 spiro atoms. The fourth-order valence-corrected chi connectivity index (χ4v) is 0.849. The molecule has 0 fully saturated rings. The molecule has 3 nitrogen and oxygen atoms in total. The molecule has 1 heterocycles. The van der Waals surface area contributed by atoms with Crippen LogP contribution in [-0.2, 0) is 0 Å². The van der Waals surface area contributed by atoms with Crippen molar-refractivity contribution in [3.05, 3.63) is 30.1 Å². The van der Waals surface area contributed by atoms with Gasteiger partial charge in [0.2, 0.25) is 0 Å². The lowest BCUT2D eigenvalue weighted by molar-refractivity contribution is 0.0943. The second kappa shape index (κ2) is 5.70. The van der Waals surface area contributed by atoms with Crippen LogP contribution >= 0.6 is 17.0 Å². The molecule has 0 radical (unpaired) electrons. The second-order valence-electron chi connectivity index (χ2n) is 2.86. The van der Waals surface area contributed by atoms with Gasteiger partial charge in [0.15, 0.2) is 0 Å². The van der Waals surface area contributed by atoms with Crippen molar-refractivity contribution in [2.75, 3.05) is 0 Å². The minimum Gasteiger partial charge on any atom is -0.350 e.